The van der Waals surface area contributed by atoms with Gasteiger partial charge < -0.3 is 8.98 Å². The van der Waals surface area contributed by atoms with E-state index in [0.29, 0.717) is 5.89 Å². The number of para-hydroxylation sites is 1. The zero-order chi connectivity index (χ0) is 30.5. The van der Waals surface area contributed by atoms with Gasteiger partial charge in [-0.25, -0.2) is 9.97 Å². The van der Waals surface area contributed by atoms with Gasteiger partial charge in [-0.2, -0.15) is 0 Å². The van der Waals surface area contributed by atoms with Gasteiger partial charge in [-0.15, -0.1) is 0 Å². The summed E-state index contributed by atoms with van der Waals surface area (Å²) in [5.74, 6) is 0.629. The Morgan fingerprint density at radius 1 is 0.435 bits per heavy atom. The molecule has 9 rings (SSSR count). The molecule has 0 atom stereocenters. The summed E-state index contributed by atoms with van der Waals surface area (Å²) in [5, 5.41) is 2.20. The first-order chi connectivity index (χ1) is 22.8. The SMILES string of the molecule is c1ccc(-c2cc(-c3ccccc3)nc(-c3ccc(-n4c5ccccc5c5c6oc(-c7ccccc7)nc6ccc54)cc3)c2)cc1. The molecule has 0 spiro atoms. The Balaban J connectivity index is 1.18. The van der Waals surface area contributed by atoms with Crippen molar-refractivity contribution < 1.29 is 4.42 Å². The molecule has 0 bridgehead atoms. The number of fused-ring (bicyclic) bond motifs is 5. The monoisotopic (exact) mass is 589 g/mol. The molecule has 0 fully saturated rings. The molecule has 216 valence electrons. The van der Waals surface area contributed by atoms with E-state index in [1.165, 1.54) is 5.56 Å². The van der Waals surface area contributed by atoms with Gasteiger partial charge in [-0.05, 0) is 65.7 Å². The molecule has 0 saturated carbocycles. The molecule has 46 heavy (non-hydrogen) atoms. The van der Waals surface area contributed by atoms with E-state index in [1.54, 1.807) is 0 Å². The first-order valence-corrected chi connectivity index (χ1v) is 15.4. The molecular formula is C42H27N3O. The standard InChI is InChI=1S/C42H27N3O/c1-4-12-28(13-5-1)32-26-36(29-14-6-2-7-15-29)43-37(27-32)30-20-22-33(23-21-30)45-38-19-11-10-18-34(38)40-39(45)25-24-35-41(40)46-42(44-35)31-16-8-3-9-17-31/h1-27H. The summed E-state index contributed by atoms with van der Waals surface area (Å²) >= 11 is 0. The summed E-state index contributed by atoms with van der Waals surface area (Å²) < 4.78 is 8.77. The Hall–Kier alpha value is -6.26. The van der Waals surface area contributed by atoms with Crippen molar-refractivity contribution in [3.63, 3.8) is 0 Å². The minimum Gasteiger partial charge on any atom is -0.435 e. The predicted octanol–water partition coefficient (Wildman–Crippen LogP) is 11.0. The van der Waals surface area contributed by atoms with Gasteiger partial charge in [0.15, 0.2) is 5.58 Å². The lowest BCUT2D eigenvalue weighted by molar-refractivity contribution is 0.623. The van der Waals surface area contributed by atoms with Crippen LogP contribution in [-0.2, 0) is 0 Å². The largest absolute Gasteiger partial charge is 0.435 e. The number of nitrogens with zero attached hydrogens (tertiary/aromatic N) is 3. The molecule has 0 amide bonds. The van der Waals surface area contributed by atoms with Crippen molar-refractivity contribution in [1.29, 1.82) is 0 Å². The molecule has 0 N–H and O–H groups in total. The minimum absolute atomic E-state index is 0.629. The topological polar surface area (TPSA) is 43.9 Å². The van der Waals surface area contributed by atoms with Crippen LogP contribution in [0.5, 0.6) is 0 Å². The lowest BCUT2D eigenvalue weighted by Crippen LogP contribution is -1.95. The van der Waals surface area contributed by atoms with Crippen molar-refractivity contribution in [1.82, 2.24) is 14.5 Å². The Morgan fingerprint density at radius 3 is 1.72 bits per heavy atom. The quantitative estimate of drug-likeness (QED) is 0.201. The normalized spacial score (nSPS) is 11.5. The summed E-state index contributed by atoms with van der Waals surface area (Å²) in [5.41, 5.74) is 12.2. The van der Waals surface area contributed by atoms with Crippen molar-refractivity contribution >= 4 is 32.9 Å². The van der Waals surface area contributed by atoms with E-state index in [1.807, 2.05) is 42.5 Å². The summed E-state index contributed by atoms with van der Waals surface area (Å²) in [4.78, 5) is 9.97. The van der Waals surface area contributed by atoms with E-state index in [-0.39, 0.29) is 0 Å². The number of pyridine rings is 1. The Morgan fingerprint density at radius 2 is 1.02 bits per heavy atom. The minimum atomic E-state index is 0.629. The van der Waals surface area contributed by atoms with Gasteiger partial charge in [0.05, 0.1) is 27.8 Å². The smallest absolute Gasteiger partial charge is 0.227 e. The molecule has 6 aromatic carbocycles. The molecule has 3 aromatic heterocycles. The van der Waals surface area contributed by atoms with Gasteiger partial charge in [-0.3, -0.25) is 0 Å². The molecule has 0 unspecified atom stereocenters. The van der Waals surface area contributed by atoms with Crippen molar-refractivity contribution in [3.05, 3.63) is 164 Å². The van der Waals surface area contributed by atoms with Gasteiger partial charge in [-0.1, -0.05) is 109 Å². The van der Waals surface area contributed by atoms with Gasteiger partial charge in [0.25, 0.3) is 0 Å². The lowest BCUT2D eigenvalue weighted by atomic mass is 10.00. The van der Waals surface area contributed by atoms with Crippen LogP contribution in [0.3, 0.4) is 0 Å². The number of hydrogen-bond acceptors (Lipinski definition) is 3. The van der Waals surface area contributed by atoms with E-state index in [4.69, 9.17) is 14.4 Å². The maximum absolute atomic E-state index is 6.46. The number of benzene rings is 6. The van der Waals surface area contributed by atoms with Gasteiger partial charge in [0.1, 0.15) is 5.52 Å². The third kappa shape index (κ3) is 4.39. The van der Waals surface area contributed by atoms with Gasteiger partial charge in [0, 0.05) is 27.8 Å². The Bertz CT molecular complexity index is 2440. The molecule has 4 nitrogen and oxygen atoms in total. The average molecular weight is 590 g/mol. The van der Waals surface area contributed by atoms with Crippen LogP contribution < -0.4 is 0 Å². The molecule has 0 aliphatic carbocycles. The average Bonchev–Trinajstić information content (AvgIpc) is 3.72. The highest BCUT2D eigenvalue weighted by Gasteiger charge is 2.19. The van der Waals surface area contributed by atoms with Crippen LogP contribution >= 0.6 is 0 Å². The number of hydrogen-bond donors (Lipinski definition) is 0. The fourth-order valence-corrected chi connectivity index (χ4v) is 6.43. The van der Waals surface area contributed by atoms with Crippen molar-refractivity contribution in [2.24, 2.45) is 0 Å². The molecule has 0 aliphatic rings. The van der Waals surface area contributed by atoms with Crippen LogP contribution in [0.2, 0.25) is 0 Å². The van der Waals surface area contributed by atoms with Crippen molar-refractivity contribution in [2.45, 2.75) is 0 Å². The fourth-order valence-electron chi connectivity index (χ4n) is 6.43. The van der Waals surface area contributed by atoms with Crippen LogP contribution in [0, 0.1) is 0 Å². The molecule has 9 aromatic rings. The van der Waals surface area contributed by atoms with Crippen molar-refractivity contribution in [2.75, 3.05) is 0 Å². The molecule has 4 heteroatoms. The summed E-state index contributed by atoms with van der Waals surface area (Å²) in [6.45, 7) is 0. The summed E-state index contributed by atoms with van der Waals surface area (Å²) in [6.07, 6.45) is 0. The molecule has 0 aliphatic heterocycles. The summed E-state index contributed by atoms with van der Waals surface area (Å²) in [7, 11) is 0. The first kappa shape index (κ1) is 26.2. The van der Waals surface area contributed by atoms with Crippen LogP contribution in [-0.4, -0.2) is 14.5 Å². The zero-order valence-electron chi connectivity index (χ0n) is 24.8. The molecular weight excluding hydrogens is 562 g/mol. The van der Waals surface area contributed by atoms with Gasteiger partial charge in [0.2, 0.25) is 5.89 Å². The third-order valence-corrected chi connectivity index (χ3v) is 8.63. The predicted molar refractivity (Wildman–Crippen MR) is 188 cm³/mol. The van der Waals surface area contributed by atoms with E-state index in [0.717, 1.165) is 72.2 Å². The van der Waals surface area contributed by atoms with Crippen LogP contribution in [0.4, 0.5) is 0 Å². The molecule has 0 radical (unpaired) electrons. The maximum atomic E-state index is 6.46. The Kier molecular flexibility index (Phi) is 6.10. The summed E-state index contributed by atoms with van der Waals surface area (Å²) in [6, 6.07) is 56.7. The van der Waals surface area contributed by atoms with Crippen LogP contribution in [0.15, 0.2) is 168 Å². The second kappa shape index (κ2) is 10.7. The second-order valence-corrected chi connectivity index (χ2v) is 11.5. The highest BCUT2D eigenvalue weighted by molar-refractivity contribution is 6.19. The van der Waals surface area contributed by atoms with Crippen molar-refractivity contribution in [3.8, 4) is 50.8 Å². The lowest BCUT2D eigenvalue weighted by Gasteiger charge is -2.12. The fraction of sp³-hybridized carbons (Fsp3) is 0. The Labute approximate surface area is 265 Å². The molecule has 0 saturated heterocycles. The first-order valence-electron chi connectivity index (χ1n) is 15.4. The van der Waals surface area contributed by atoms with E-state index in [2.05, 4.69) is 126 Å². The van der Waals surface area contributed by atoms with Crippen LogP contribution in [0.25, 0.3) is 83.7 Å². The van der Waals surface area contributed by atoms with E-state index < -0.39 is 0 Å². The number of oxazole rings is 1. The highest BCUT2D eigenvalue weighted by Crippen LogP contribution is 2.39. The highest BCUT2D eigenvalue weighted by atomic mass is 16.3. The number of aromatic nitrogens is 3. The van der Waals surface area contributed by atoms with Crippen LogP contribution in [0.1, 0.15) is 0 Å². The molecule has 3 heterocycles. The zero-order valence-corrected chi connectivity index (χ0v) is 24.8. The third-order valence-electron chi connectivity index (χ3n) is 8.63. The van der Waals surface area contributed by atoms with E-state index in [9.17, 15) is 0 Å². The van der Waals surface area contributed by atoms with E-state index >= 15 is 0 Å². The second-order valence-electron chi connectivity index (χ2n) is 11.5. The van der Waals surface area contributed by atoms with Gasteiger partial charge >= 0.3 is 0 Å². The number of rotatable bonds is 5. The maximum Gasteiger partial charge on any atom is 0.227 e.